The minimum atomic E-state index is -0.0766. The van der Waals surface area contributed by atoms with E-state index in [2.05, 4.69) is 35.3 Å². The average Bonchev–Trinajstić information content (AvgIpc) is 3.28. The zero-order chi connectivity index (χ0) is 18.5. The Balaban J connectivity index is 1.40. The summed E-state index contributed by atoms with van der Waals surface area (Å²) in [6, 6.07) is 3.77. The topological polar surface area (TPSA) is 102 Å². The van der Waals surface area contributed by atoms with Gasteiger partial charge in [0.1, 0.15) is 18.5 Å². The Bertz CT molecular complexity index is 883. The monoisotopic (exact) mass is 364 g/mol. The van der Waals surface area contributed by atoms with Crippen molar-refractivity contribution in [1.82, 2.24) is 35.0 Å². The predicted molar refractivity (Wildman–Crippen MR) is 98.0 cm³/mol. The van der Waals surface area contributed by atoms with E-state index in [9.17, 15) is 4.79 Å². The maximum atomic E-state index is 12.7. The van der Waals surface area contributed by atoms with Gasteiger partial charge in [-0.15, -0.1) is 0 Å². The van der Waals surface area contributed by atoms with Crippen LogP contribution in [0.4, 0.5) is 5.82 Å². The van der Waals surface area contributed by atoms with Crippen LogP contribution in [0.3, 0.4) is 0 Å². The number of hydrogen-bond acceptors (Lipinski definition) is 7. The third kappa shape index (κ3) is 3.91. The fraction of sp³-hybridized carbons (Fsp3) is 0.333. The number of aromatic nitrogens is 6. The van der Waals surface area contributed by atoms with Gasteiger partial charge < -0.3 is 10.2 Å². The second kappa shape index (κ2) is 7.90. The second-order valence-corrected chi connectivity index (χ2v) is 6.39. The predicted octanol–water partition coefficient (Wildman–Crippen LogP) is 0.985. The number of nitrogens with one attached hydrogen (secondary N) is 1. The van der Waals surface area contributed by atoms with E-state index in [-0.39, 0.29) is 11.8 Å². The fourth-order valence-corrected chi connectivity index (χ4v) is 3.27. The van der Waals surface area contributed by atoms with Gasteiger partial charge in [0, 0.05) is 43.8 Å². The fourth-order valence-electron chi connectivity index (χ4n) is 3.27. The van der Waals surface area contributed by atoms with Gasteiger partial charge in [0.15, 0.2) is 5.82 Å². The van der Waals surface area contributed by atoms with Gasteiger partial charge in [-0.1, -0.05) is 6.07 Å². The van der Waals surface area contributed by atoms with Crippen molar-refractivity contribution >= 4 is 11.7 Å². The number of carbonyl (C=O) groups is 1. The van der Waals surface area contributed by atoms with E-state index in [1.165, 1.54) is 6.33 Å². The van der Waals surface area contributed by atoms with Crippen LogP contribution in [0, 0.1) is 5.92 Å². The van der Waals surface area contributed by atoms with Crippen LogP contribution in [0.1, 0.15) is 18.4 Å². The van der Waals surface area contributed by atoms with Crippen molar-refractivity contribution in [2.75, 3.05) is 18.0 Å². The number of carbonyl (C=O) groups excluding carboxylic acids is 1. The lowest BCUT2D eigenvalue weighted by molar-refractivity contribution is -0.125. The molecule has 4 heterocycles. The molecule has 4 rings (SSSR count). The third-order valence-corrected chi connectivity index (χ3v) is 4.62. The molecular formula is C18H20N8O. The molecular weight excluding hydrogens is 344 g/mol. The highest BCUT2D eigenvalue weighted by Gasteiger charge is 2.26. The molecule has 27 heavy (non-hydrogen) atoms. The second-order valence-electron chi connectivity index (χ2n) is 6.39. The van der Waals surface area contributed by atoms with Crippen molar-refractivity contribution < 1.29 is 4.79 Å². The SMILES string of the molecule is O=C(NCc1cccnc1-n1cncn1)C1CCCN(c2cnccn2)C1. The van der Waals surface area contributed by atoms with E-state index in [4.69, 9.17) is 0 Å². The molecule has 1 fully saturated rings. The molecule has 0 aromatic carbocycles. The standard InChI is InChI=1S/C18H20N8O/c27-18(15-4-2-8-25(11-15)16-10-19-6-7-21-16)23-9-14-3-1-5-22-17(14)26-13-20-12-24-26/h1,3,5-7,10,12-13,15H,2,4,8-9,11H2,(H,23,27). The molecule has 138 valence electrons. The van der Waals surface area contributed by atoms with E-state index in [0.29, 0.717) is 18.9 Å². The van der Waals surface area contributed by atoms with Crippen LogP contribution >= 0.6 is 0 Å². The molecule has 1 amide bonds. The van der Waals surface area contributed by atoms with Gasteiger partial charge in [0.2, 0.25) is 5.91 Å². The van der Waals surface area contributed by atoms with Gasteiger partial charge in [-0.25, -0.2) is 19.6 Å². The Morgan fingerprint density at radius 2 is 2.19 bits per heavy atom. The zero-order valence-corrected chi connectivity index (χ0v) is 14.8. The molecule has 1 N–H and O–H groups in total. The first-order chi connectivity index (χ1) is 13.3. The van der Waals surface area contributed by atoms with Crippen LogP contribution in [0.5, 0.6) is 0 Å². The molecule has 9 nitrogen and oxygen atoms in total. The van der Waals surface area contributed by atoms with E-state index in [0.717, 1.165) is 30.8 Å². The molecule has 0 radical (unpaired) electrons. The Morgan fingerprint density at radius 1 is 1.22 bits per heavy atom. The molecule has 1 aliphatic rings. The highest BCUT2D eigenvalue weighted by atomic mass is 16.1. The third-order valence-electron chi connectivity index (χ3n) is 4.62. The van der Waals surface area contributed by atoms with Gasteiger partial charge >= 0.3 is 0 Å². The lowest BCUT2D eigenvalue weighted by Gasteiger charge is -2.32. The normalized spacial score (nSPS) is 16.9. The van der Waals surface area contributed by atoms with Crippen molar-refractivity contribution in [3.8, 4) is 5.82 Å². The number of nitrogens with zero attached hydrogens (tertiary/aromatic N) is 7. The molecule has 3 aromatic rings. The highest BCUT2D eigenvalue weighted by molar-refractivity contribution is 5.79. The van der Waals surface area contributed by atoms with E-state index >= 15 is 0 Å². The highest BCUT2D eigenvalue weighted by Crippen LogP contribution is 2.21. The number of anilines is 1. The van der Waals surface area contributed by atoms with Crippen molar-refractivity contribution in [1.29, 1.82) is 0 Å². The Hall–Kier alpha value is -3.36. The lowest BCUT2D eigenvalue weighted by Crippen LogP contribution is -2.43. The summed E-state index contributed by atoms with van der Waals surface area (Å²) in [5.41, 5.74) is 0.887. The van der Waals surface area contributed by atoms with E-state index in [1.807, 2.05) is 12.1 Å². The summed E-state index contributed by atoms with van der Waals surface area (Å²) in [5.74, 6) is 1.44. The summed E-state index contributed by atoms with van der Waals surface area (Å²) in [5, 5.41) is 7.16. The molecule has 0 spiro atoms. The van der Waals surface area contributed by atoms with Crippen LogP contribution < -0.4 is 10.2 Å². The van der Waals surface area contributed by atoms with Crippen LogP contribution in [-0.2, 0) is 11.3 Å². The molecule has 0 aliphatic carbocycles. The molecule has 1 unspecified atom stereocenters. The van der Waals surface area contributed by atoms with Crippen LogP contribution in [-0.4, -0.2) is 48.7 Å². The minimum Gasteiger partial charge on any atom is -0.355 e. The quantitative estimate of drug-likeness (QED) is 0.720. The largest absolute Gasteiger partial charge is 0.355 e. The summed E-state index contributed by atoms with van der Waals surface area (Å²) in [6.07, 6.45) is 11.6. The maximum Gasteiger partial charge on any atom is 0.225 e. The summed E-state index contributed by atoms with van der Waals surface area (Å²) in [6.45, 7) is 1.93. The smallest absolute Gasteiger partial charge is 0.225 e. The zero-order valence-electron chi connectivity index (χ0n) is 14.8. The Morgan fingerprint density at radius 3 is 3.00 bits per heavy atom. The van der Waals surface area contributed by atoms with Gasteiger partial charge in [-0.2, -0.15) is 5.10 Å². The van der Waals surface area contributed by atoms with Crippen molar-refractivity contribution in [3.05, 3.63) is 55.1 Å². The lowest BCUT2D eigenvalue weighted by atomic mass is 9.97. The first-order valence-electron chi connectivity index (χ1n) is 8.89. The number of hydrogen-bond donors (Lipinski definition) is 1. The summed E-state index contributed by atoms with van der Waals surface area (Å²) in [4.78, 5) is 31.6. The van der Waals surface area contributed by atoms with Gasteiger partial charge in [0.05, 0.1) is 12.1 Å². The summed E-state index contributed by atoms with van der Waals surface area (Å²) >= 11 is 0. The number of amides is 1. The van der Waals surface area contributed by atoms with Crippen LogP contribution in [0.25, 0.3) is 5.82 Å². The molecule has 0 saturated carbocycles. The summed E-state index contributed by atoms with van der Waals surface area (Å²) < 4.78 is 1.60. The number of rotatable bonds is 5. The molecule has 1 saturated heterocycles. The van der Waals surface area contributed by atoms with Gasteiger partial charge in [0.25, 0.3) is 0 Å². The van der Waals surface area contributed by atoms with Crippen molar-refractivity contribution in [3.63, 3.8) is 0 Å². The molecule has 1 atom stereocenters. The Kier molecular flexibility index (Phi) is 4.99. The van der Waals surface area contributed by atoms with Crippen LogP contribution in [0.2, 0.25) is 0 Å². The average molecular weight is 364 g/mol. The van der Waals surface area contributed by atoms with E-state index < -0.39 is 0 Å². The first-order valence-corrected chi connectivity index (χ1v) is 8.89. The summed E-state index contributed by atoms with van der Waals surface area (Å²) in [7, 11) is 0. The first kappa shape index (κ1) is 17.1. The van der Waals surface area contributed by atoms with E-state index in [1.54, 1.807) is 35.8 Å². The molecule has 1 aliphatic heterocycles. The van der Waals surface area contributed by atoms with Crippen molar-refractivity contribution in [2.45, 2.75) is 19.4 Å². The minimum absolute atomic E-state index is 0.0389. The van der Waals surface area contributed by atoms with Crippen LogP contribution in [0.15, 0.2) is 49.6 Å². The number of pyridine rings is 1. The molecule has 0 bridgehead atoms. The number of piperidine rings is 1. The van der Waals surface area contributed by atoms with Crippen molar-refractivity contribution in [2.24, 2.45) is 5.92 Å². The Labute approximate surface area is 156 Å². The van der Waals surface area contributed by atoms with Gasteiger partial charge in [-0.05, 0) is 18.9 Å². The maximum absolute atomic E-state index is 12.7. The molecule has 3 aromatic heterocycles. The molecule has 9 heteroatoms. The van der Waals surface area contributed by atoms with Gasteiger partial charge in [-0.3, -0.25) is 9.78 Å².